The van der Waals surface area contributed by atoms with Gasteiger partial charge in [-0.05, 0) is 6.42 Å². The van der Waals surface area contributed by atoms with Crippen molar-refractivity contribution in [3.8, 4) is 0 Å². The van der Waals surface area contributed by atoms with E-state index in [0.29, 0.717) is 6.42 Å². The quantitative estimate of drug-likeness (QED) is 0.338. The van der Waals surface area contributed by atoms with E-state index in [1.165, 1.54) is 0 Å². The lowest BCUT2D eigenvalue weighted by Gasteiger charge is -2.39. The Hall–Kier alpha value is -0.200. The van der Waals surface area contributed by atoms with Gasteiger partial charge in [-0.1, -0.05) is 0 Å². The van der Waals surface area contributed by atoms with Crippen LogP contribution in [0.25, 0.3) is 0 Å². The molecule has 5 heteroatoms. The van der Waals surface area contributed by atoms with Crippen LogP contribution in [0.15, 0.2) is 0 Å². The van der Waals surface area contributed by atoms with Crippen LogP contribution >= 0.6 is 0 Å². The maximum atomic E-state index is 9.37. The molecule has 0 saturated heterocycles. The summed E-state index contributed by atoms with van der Waals surface area (Å²) in [6.07, 6.45) is -3.17. The summed E-state index contributed by atoms with van der Waals surface area (Å²) in [4.78, 5) is 0. The van der Waals surface area contributed by atoms with E-state index in [1.54, 1.807) is 0 Å². The van der Waals surface area contributed by atoms with Gasteiger partial charge in [0, 0.05) is 25.0 Å². The molecule has 5 N–H and O–H groups in total. The van der Waals surface area contributed by atoms with Crippen LogP contribution in [0.4, 0.5) is 0 Å². The summed E-state index contributed by atoms with van der Waals surface area (Å²) < 4.78 is 0. The van der Waals surface area contributed by atoms with Crippen molar-refractivity contribution < 1.29 is 25.5 Å². The molecule has 5 nitrogen and oxygen atoms in total. The zero-order valence-electron chi connectivity index (χ0n) is 7.24. The van der Waals surface area contributed by atoms with Crippen LogP contribution in [0, 0.1) is 11.8 Å². The number of hydrogen-bond acceptors (Lipinski definition) is 5. The first-order valence-corrected chi connectivity index (χ1v) is 4.37. The summed E-state index contributed by atoms with van der Waals surface area (Å²) in [5.41, 5.74) is 0. The van der Waals surface area contributed by atoms with Crippen molar-refractivity contribution in [2.75, 3.05) is 13.2 Å². The predicted octanol–water partition coefficient (Wildman–Crippen LogP) is -2.31. The molecule has 1 saturated carbocycles. The molecule has 5 atom stereocenters. The lowest BCUT2D eigenvalue weighted by atomic mass is 9.76. The van der Waals surface area contributed by atoms with Crippen LogP contribution in [0.3, 0.4) is 0 Å². The molecular formula is C8H16O5. The second-order valence-corrected chi connectivity index (χ2v) is 3.59. The Morgan fingerprint density at radius 1 is 0.769 bits per heavy atom. The van der Waals surface area contributed by atoms with Crippen molar-refractivity contribution in [3.63, 3.8) is 0 Å². The van der Waals surface area contributed by atoms with Gasteiger partial charge >= 0.3 is 0 Å². The average molecular weight is 192 g/mol. The number of hydrogen-bond donors (Lipinski definition) is 5. The van der Waals surface area contributed by atoms with Crippen LogP contribution in [0.5, 0.6) is 0 Å². The van der Waals surface area contributed by atoms with Crippen LogP contribution in [-0.2, 0) is 0 Å². The molecule has 0 aliphatic heterocycles. The topological polar surface area (TPSA) is 101 Å². The molecule has 0 amide bonds. The first-order valence-electron chi connectivity index (χ1n) is 4.37. The summed E-state index contributed by atoms with van der Waals surface area (Å²) in [6, 6.07) is 0. The van der Waals surface area contributed by atoms with Gasteiger partial charge in [-0.2, -0.15) is 0 Å². The van der Waals surface area contributed by atoms with Crippen LogP contribution in [-0.4, -0.2) is 57.1 Å². The van der Waals surface area contributed by atoms with E-state index in [9.17, 15) is 15.3 Å². The van der Waals surface area contributed by atoms with Gasteiger partial charge in [0.25, 0.3) is 0 Å². The van der Waals surface area contributed by atoms with E-state index >= 15 is 0 Å². The lowest BCUT2D eigenvalue weighted by Crippen LogP contribution is -2.52. The van der Waals surface area contributed by atoms with Crippen LogP contribution in [0.2, 0.25) is 0 Å². The van der Waals surface area contributed by atoms with Gasteiger partial charge in [-0.15, -0.1) is 0 Å². The Morgan fingerprint density at radius 3 is 1.46 bits per heavy atom. The molecule has 0 spiro atoms. The molecule has 1 aliphatic rings. The Bertz CT molecular complexity index is 143. The third kappa shape index (κ3) is 2.00. The molecule has 1 fully saturated rings. The zero-order chi connectivity index (χ0) is 10.0. The highest BCUT2D eigenvalue weighted by atomic mass is 16.4. The number of aliphatic hydroxyl groups excluding tert-OH is 5. The average Bonchev–Trinajstić information content (AvgIpc) is 2.15. The largest absolute Gasteiger partial charge is 0.396 e. The van der Waals surface area contributed by atoms with E-state index in [1.807, 2.05) is 0 Å². The van der Waals surface area contributed by atoms with Gasteiger partial charge < -0.3 is 25.5 Å². The fourth-order valence-electron chi connectivity index (χ4n) is 1.79. The van der Waals surface area contributed by atoms with Crippen molar-refractivity contribution in [1.82, 2.24) is 0 Å². The van der Waals surface area contributed by atoms with Gasteiger partial charge in [-0.3, -0.25) is 0 Å². The minimum atomic E-state index is -1.27. The summed E-state index contributed by atoms with van der Waals surface area (Å²) in [6.45, 7) is -0.497. The first-order chi connectivity index (χ1) is 6.11. The third-order valence-corrected chi connectivity index (χ3v) is 2.74. The minimum absolute atomic E-state index is 0.249. The maximum absolute atomic E-state index is 9.37. The predicted molar refractivity (Wildman–Crippen MR) is 43.8 cm³/mol. The van der Waals surface area contributed by atoms with Gasteiger partial charge in [0.05, 0.1) is 12.2 Å². The van der Waals surface area contributed by atoms with Gasteiger partial charge in [0.15, 0.2) is 0 Å². The standard InChI is InChI=1S/C8H16O5/c9-2-4-1-5(3-10)7(12)8(13)6(4)11/h4-13H,1-3H2/t4-,5-,6-,7+,8?/m1/s1. The molecular weight excluding hydrogens is 176 g/mol. The van der Waals surface area contributed by atoms with Crippen LogP contribution < -0.4 is 0 Å². The molecule has 0 aromatic rings. The van der Waals surface area contributed by atoms with Crippen molar-refractivity contribution in [3.05, 3.63) is 0 Å². The van der Waals surface area contributed by atoms with Crippen molar-refractivity contribution in [2.24, 2.45) is 11.8 Å². The van der Waals surface area contributed by atoms with E-state index in [0.717, 1.165) is 0 Å². The first kappa shape index (κ1) is 10.9. The molecule has 0 radical (unpaired) electrons. The van der Waals surface area contributed by atoms with E-state index < -0.39 is 30.1 Å². The van der Waals surface area contributed by atoms with Gasteiger partial charge in [0.1, 0.15) is 6.10 Å². The summed E-state index contributed by atoms with van der Waals surface area (Å²) in [5.74, 6) is -0.925. The van der Waals surface area contributed by atoms with Crippen LogP contribution in [0.1, 0.15) is 6.42 Å². The smallest absolute Gasteiger partial charge is 0.106 e. The van der Waals surface area contributed by atoms with Gasteiger partial charge in [0.2, 0.25) is 0 Å². The highest BCUT2D eigenvalue weighted by Gasteiger charge is 2.41. The normalized spacial score (nSPS) is 46.4. The summed E-state index contributed by atoms with van der Waals surface area (Å²) >= 11 is 0. The molecule has 0 bridgehead atoms. The maximum Gasteiger partial charge on any atom is 0.106 e. The second kappa shape index (κ2) is 4.34. The van der Waals surface area contributed by atoms with E-state index in [2.05, 4.69) is 0 Å². The molecule has 1 rings (SSSR count). The molecule has 78 valence electrons. The van der Waals surface area contributed by atoms with Crippen molar-refractivity contribution >= 4 is 0 Å². The highest BCUT2D eigenvalue weighted by Crippen LogP contribution is 2.29. The Labute approximate surface area is 76.3 Å². The lowest BCUT2D eigenvalue weighted by molar-refractivity contribution is -0.148. The van der Waals surface area contributed by atoms with Gasteiger partial charge in [-0.25, -0.2) is 0 Å². The Balaban J connectivity index is 2.66. The summed E-state index contributed by atoms with van der Waals surface area (Å²) in [7, 11) is 0. The minimum Gasteiger partial charge on any atom is -0.396 e. The Morgan fingerprint density at radius 2 is 1.15 bits per heavy atom. The molecule has 13 heavy (non-hydrogen) atoms. The molecule has 0 aromatic carbocycles. The SMILES string of the molecule is OC[C@H]1C[C@H](CO)[C@@H](O)C(O)[C@H]1O. The van der Waals surface area contributed by atoms with Crippen molar-refractivity contribution in [1.29, 1.82) is 0 Å². The molecule has 0 heterocycles. The third-order valence-electron chi connectivity index (χ3n) is 2.74. The molecule has 1 unspecified atom stereocenters. The second-order valence-electron chi connectivity index (χ2n) is 3.59. The van der Waals surface area contributed by atoms with E-state index in [-0.39, 0.29) is 13.2 Å². The molecule has 0 aromatic heterocycles. The fraction of sp³-hybridized carbons (Fsp3) is 1.00. The van der Waals surface area contributed by atoms with Crippen molar-refractivity contribution in [2.45, 2.75) is 24.7 Å². The fourth-order valence-corrected chi connectivity index (χ4v) is 1.79. The van der Waals surface area contributed by atoms with E-state index in [4.69, 9.17) is 10.2 Å². The monoisotopic (exact) mass is 192 g/mol. The Kier molecular flexibility index (Phi) is 3.63. The highest BCUT2D eigenvalue weighted by molar-refractivity contribution is 4.91. The zero-order valence-corrected chi connectivity index (χ0v) is 7.24. The number of rotatable bonds is 2. The number of aliphatic hydroxyl groups is 5. The summed E-state index contributed by atoms with van der Waals surface area (Å²) in [5, 5.41) is 45.8. The molecule has 1 aliphatic carbocycles.